The molecule has 0 aliphatic heterocycles. The van der Waals surface area contributed by atoms with E-state index in [4.69, 9.17) is 0 Å². The molecule has 1 amide bonds. The lowest BCUT2D eigenvalue weighted by molar-refractivity contribution is -0.117. The molecule has 0 fully saturated rings. The molecule has 4 nitrogen and oxygen atoms in total. The third kappa shape index (κ3) is 2.10. The van der Waals surface area contributed by atoms with Gasteiger partial charge in [-0.25, -0.2) is 14.7 Å². The summed E-state index contributed by atoms with van der Waals surface area (Å²) in [5, 5.41) is 1.35. The standard InChI is InChI=1S/C7H9N3O.ClH/c1-3-10(7(2)11)9-5-4-8-6-9;/h3-6H,1H2,2H3;1H. The first-order chi connectivity index (χ1) is 5.25. The molecule has 5 heteroatoms. The fraction of sp³-hybridized carbons (Fsp3) is 0.143. The maximum Gasteiger partial charge on any atom is 0.242 e. The Kier molecular flexibility index (Phi) is 4.07. The van der Waals surface area contributed by atoms with E-state index in [-0.39, 0.29) is 18.3 Å². The van der Waals surface area contributed by atoms with E-state index >= 15 is 0 Å². The number of amides is 1. The Morgan fingerprint density at radius 3 is 2.75 bits per heavy atom. The predicted octanol–water partition coefficient (Wildman–Crippen LogP) is 0.933. The zero-order valence-corrected chi connectivity index (χ0v) is 7.49. The van der Waals surface area contributed by atoms with E-state index in [1.54, 1.807) is 17.1 Å². The van der Waals surface area contributed by atoms with Gasteiger partial charge in [-0.3, -0.25) is 4.79 Å². The molecule has 0 aliphatic carbocycles. The molecular formula is C7H10ClN3O. The van der Waals surface area contributed by atoms with Gasteiger partial charge in [0.2, 0.25) is 5.91 Å². The molecule has 0 spiro atoms. The second kappa shape index (κ2) is 4.56. The van der Waals surface area contributed by atoms with E-state index < -0.39 is 0 Å². The van der Waals surface area contributed by atoms with Crippen LogP contribution in [0.25, 0.3) is 0 Å². The van der Waals surface area contributed by atoms with Crippen LogP contribution in [0.5, 0.6) is 0 Å². The van der Waals surface area contributed by atoms with Gasteiger partial charge in [0, 0.05) is 25.5 Å². The Labute approximate surface area is 76.9 Å². The van der Waals surface area contributed by atoms with Crippen LogP contribution in [0.4, 0.5) is 0 Å². The number of nitrogens with zero attached hydrogens (tertiary/aromatic N) is 3. The molecule has 0 saturated carbocycles. The molecule has 0 N–H and O–H groups in total. The molecule has 0 aromatic carbocycles. The lowest BCUT2D eigenvalue weighted by Crippen LogP contribution is -2.31. The van der Waals surface area contributed by atoms with Gasteiger partial charge in [-0.1, -0.05) is 6.58 Å². The SMILES string of the molecule is C=CN(C(C)=O)n1ccnc1.Cl. The third-order valence-corrected chi connectivity index (χ3v) is 1.23. The first kappa shape index (κ1) is 10.7. The summed E-state index contributed by atoms with van der Waals surface area (Å²) in [5.41, 5.74) is 0. The predicted molar refractivity (Wildman–Crippen MR) is 48.6 cm³/mol. The number of carbonyl (C=O) groups excluding carboxylic acids is 1. The highest BCUT2D eigenvalue weighted by Crippen LogP contribution is 1.91. The van der Waals surface area contributed by atoms with Gasteiger partial charge < -0.3 is 0 Å². The summed E-state index contributed by atoms with van der Waals surface area (Å²) >= 11 is 0. The van der Waals surface area contributed by atoms with Crippen molar-refractivity contribution in [3.8, 4) is 0 Å². The second-order valence-corrected chi connectivity index (χ2v) is 1.99. The highest BCUT2D eigenvalue weighted by atomic mass is 35.5. The monoisotopic (exact) mass is 187 g/mol. The van der Waals surface area contributed by atoms with Gasteiger partial charge in [-0.2, -0.15) is 0 Å². The zero-order chi connectivity index (χ0) is 8.27. The topological polar surface area (TPSA) is 38.1 Å². The Balaban J connectivity index is 0.00000121. The molecule has 1 aromatic rings. The highest BCUT2D eigenvalue weighted by Gasteiger charge is 2.03. The van der Waals surface area contributed by atoms with E-state index in [1.165, 1.54) is 24.5 Å². The molecule has 1 heterocycles. The van der Waals surface area contributed by atoms with Crippen molar-refractivity contribution in [2.45, 2.75) is 6.92 Å². The van der Waals surface area contributed by atoms with Crippen LogP contribution in [0, 0.1) is 0 Å². The quantitative estimate of drug-likeness (QED) is 0.691. The molecule has 66 valence electrons. The van der Waals surface area contributed by atoms with Crippen LogP contribution in [0.3, 0.4) is 0 Å². The van der Waals surface area contributed by atoms with E-state index in [0.717, 1.165) is 0 Å². The second-order valence-electron chi connectivity index (χ2n) is 1.99. The Morgan fingerprint density at radius 1 is 1.75 bits per heavy atom. The van der Waals surface area contributed by atoms with Gasteiger partial charge in [-0.15, -0.1) is 12.4 Å². The molecule has 1 aromatic heterocycles. The average molecular weight is 188 g/mol. The maximum atomic E-state index is 10.9. The maximum absolute atomic E-state index is 10.9. The van der Waals surface area contributed by atoms with Crippen LogP contribution in [0.15, 0.2) is 31.5 Å². The van der Waals surface area contributed by atoms with Gasteiger partial charge in [0.1, 0.15) is 6.33 Å². The number of carbonyl (C=O) groups is 1. The normalized spacial score (nSPS) is 8.42. The number of halogens is 1. The van der Waals surface area contributed by atoms with Crippen LogP contribution in [0.1, 0.15) is 6.92 Å². The number of imidazole rings is 1. The molecule has 0 unspecified atom stereocenters. The summed E-state index contributed by atoms with van der Waals surface area (Å²) in [7, 11) is 0. The van der Waals surface area contributed by atoms with Crippen molar-refractivity contribution in [2.24, 2.45) is 0 Å². The van der Waals surface area contributed by atoms with Gasteiger partial charge >= 0.3 is 0 Å². The average Bonchev–Trinajstić information content (AvgIpc) is 2.40. The minimum atomic E-state index is -0.0991. The van der Waals surface area contributed by atoms with Crippen LogP contribution in [-0.4, -0.2) is 15.6 Å². The van der Waals surface area contributed by atoms with Crippen molar-refractivity contribution in [1.29, 1.82) is 0 Å². The summed E-state index contributed by atoms with van der Waals surface area (Å²) in [6, 6.07) is 0. The molecule has 12 heavy (non-hydrogen) atoms. The fourth-order valence-electron chi connectivity index (χ4n) is 0.765. The van der Waals surface area contributed by atoms with E-state index in [9.17, 15) is 4.79 Å². The van der Waals surface area contributed by atoms with Gasteiger partial charge in [-0.05, 0) is 0 Å². The van der Waals surface area contributed by atoms with E-state index in [1.807, 2.05) is 0 Å². The zero-order valence-electron chi connectivity index (χ0n) is 6.67. The molecular weight excluding hydrogens is 178 g/mol. The van der Waals surface area contributed by atoms with Gasteiger partial charge in [0.15, 0.2) is 0 Å². The van der Waals surface area contributed by atoms with Crippen LogP contribution < -0.4 is 5.01 Å². The van der Waals surface area contributed by atoms with Gasteiger partial charge in [0.05, 0.1) is 0 Å². The molecule has 0 bridgehead atoms. The van der Waals surface area contributed by atoms with Crippen LogP contribution >= 0.6 is 12.4 Å². The van der Waals surface area contributed by atoms with Crippen LogP contribution in [-0.2, 0) is 4.79 Å². The van der Waals surface area contributed by atoms with Crippen molar-refractivity contribution in [3.63, 3.8) is 0 Å². The summed E-state index contributed by atoms with van der Waals surface area (Å²) < 4.78 is 1.55. The van der Waals surface area contributed by atoms with Crippen molar-refractivity contribution in [3.05, 3.63) is 31.5 Å². The van der Waals surface area contributed by atoms with Crippen molar-refractivity contribution < 1.29 is 4.79 Å². The summed E-state index contributed by atoms with van der Waals surface area (Å²) in [5.74, 6) is -0.0991. The number of aromatic nitrogens is 2. The fourth-order valence-corrected chi connectivity index (χ4v) is 0.765. The van der Waals surface area contributed by atoms with Crippen molar-refractivity contribution in [1.82, 2.24) is 9.66 Å². The van der Waals surface area contributed by atoms with E-state index in [0.29, 0.717) is 0 Å². The Hall–Kier alpha value is -1.29. The van der Waals surface area contributed by atoms with Gasteiger partial charge in [0.25, 0.3) is 0 Å². The van der Waals surface area contributed by atoms with E-state index in [2.05, 4.69) is 11.6 Å². The minimum absolute atomic E-state index is 0. The van der Waals surface area contributed by atoms with Crippen molar-refractivity contribution in [2.75, 3.05) is 5.01 Å². The molecule has 0 atom stereocenters. The molecule has 0 saturated heterocycles. The summed E-state index contributed by atoms with van der Waals surface area (Å²) in [4.78, 5) is 14.7. The first-order valence-corrected chi connectivity index (χ1v) is 3.16. The minimum Gasteiger partial charge on any atom is -0.273 e. The number of hydrogen-bond donors (Lipinski definition) is 0. The van der Waals surface area contributed by atoms with Crippen LogP contribution in [0.2, 0.25) is 0 Å². The Bertz CT molecular complexity index is 258. The lowest BCUT2D eigenvalue weighted by atomic mass is 10.7. The van der Waals surface area contributed by atoms with Crippen molar-refractivity contribution >= 4 is 18.3 Å². The summed E-state index contributed by atoms with van der Waals surface area (Å²) in [6.07, 6.45) is 6.23. The Morgan fingerprint density at radius 2 is 2.42 bits per heavy atom. The number of rotatable bonds is 2. The summed E-state index contributed by atoms with van der Waals surface area (Å²) in [6.45, 7) is 4.95. The highest BCUT2D eigenvalue weighted by molar-refractivity contribution is 5.85. The smallest absolute Gasteiger partial charge is 0.242 e. The molecule has 1 rings (SSSR count). The number of hydrogen-bond acceptors (Lipinski definition) is 2. The largest absolute Gasteiger partial charge is 0.273 e. The molecule has 0 radical (unpaired) electrons. The lowest BCUT2D eigenvalue weighted by Gasteiger charge is -2.15. The molecule has 0 aliphatic rings. The first-order valence-electron chi connectivity index (χ1n) is 3.16. The third-order valence-electron chi connectivity index (χ3n) is 1.23.